The molecule has 3 aromatic rings. The average Bonchev–Trinajstić information content (AvgIpc) is 2.88. The Bertz CT molecular complexity index is 1270. The Kier molecular flexibility index (Phi) is 9.46. The van der Waals surface area contributed by atoms with Gasteiger partial charge >= 0.3 is 6.09 Å². The lowest BCUT2D eigenvalue weighted by Gasteiger charge is -2.38. The fourth-order valence-corrected chi connectivity index (χ4v) is 5.15. The molecule has 5 nitrogen and oxygen atoms in total. The molecule has 0 saturated heterocycles. The van der Waals surface area contributed by atoms with Crippen molar-refractivity contribution in [2.75, 3.05) is 18.5 Å². The van der Waals surface area contributed by atoms with Gasteiger partial charge in [0.15, 0.2) is 0 Å². The molecule has 0 bridgehead atoms. The first kappa shape index (κ1) is 29.5. The van der Waals surface area contributed by atoms with E-state index in [-0.39, 0.29) is 30.4 Å². The second-order valence-electron chi connectivity index (χ2n) is 11.9. The van der Waals surface area contributed by atoms with Crippen molar-refractivity contribution < 1.29 is 18.3 Å². The summed E-state index contributed by atoms with van der Waals surface area (Å²) in [5, 5.41) is 3.38. The fraction of sp³-hybridized carbons (Fsp3) is 0.424. The number of nitrogens with zero attached hydrogens (tertiary/aromatic N) is 2. The lowest BCUT2D eigenvalue weighted by Crippen LogP contribution is -2.47. The first-order valence-corrected chi connectivity index (χ1v) is 14.0. The first-order valence-electron chi connectivity index (χ1n) is 14.0. The molecule has 4 rings (SSSR count). The van der Waals surface area contributed by atoms with Crippen LogP contribution in [-0.4, -0.2) is 46.7 Å². The SMILES string of the molecule is CC(C)Nc1ccc(CN(C(=O)OCCN2Cc3cc(F)ccc3CC2Cc2ccc(F)cc2)C(C)(C)C)cc1. The van der Waals surface area contributed by atoms with Crippen molar-refractivity contribution in [3.63, 3.8) is 0 Å². The highest BCUT2D eigenvalue weighted by Crippen LogP contribution is 2.27. The minimum absolute atomic E-state index is 0.124. The molecule has 1 unspecified atom stereocenters. The number of carbonyl (C=O) groups excluding carboxylic acids is 1. The Hall–Kier alpha value is -3.45. The number of fused-ring (bicyclic) bond motifs is 1. The van der Waals surface area contributed by atoms with E-state index in [1.165, 1.54) is 18.2 Å². The maximum absolute atomic E-state index is 14.0. The van der Waals surface area contributed by atoms with Crippen LogP contribution in [0.15, 0.2) is 66.7 Å². The molecular formula is C33H41F2N3O2. The highest BCUT2D eigenvalue weighted by molar-refractivity contribution is 5.68. The summed E-state index contributed by atoms with van der Waals surface area (Å²) in [4.78, 5) is 17.3. The van der Waals surface area contributed by atoms with Gasteiger partial charge in [-0.15, -0.1) is 0 Å². The van der Waals surface area contributed by atoms with E-state index in [2.05, 4.69) is 24.1 Å². The topological polar surface area (TPSA) is 44.8 Å². The number of anilines is 1. The minimum atomic E-state index is -0.432. The molecule has 3 aromatic carbocycles. The van der Waals surface area contributed by atoms with Gasteiger partial charge in [0.2, 0.25) is 0 Å². The van der Waals surface area contributed by atoms with Gasteiger partial charge in [-0.3, -0.25) is 9.80 Å². The molecule has 1 atom stereocenters. The smallest absolute Gasteiger partial charge is 0.410 e. The highest BCUT2D eigenvalue weighted by atomic mass is 19.1. The van der Waals surface area contributed by atoms with Crippen molar-refractivity contribution in [1.82, 2.24) is 9.80 Å². The summed E-state index contributed by atoms with van der Waals surface area (Å²) < 4.78 is 33.3. The predicted octanol–water partition coefficient (Wildman–Crippen LogP) is 7.19. The van der Waals surface area contributed by atoms with E-state index in [9.17, 15) is 13.6 Å². The van der Waals surface area contributed by atoms with Crippen LogP contribution in [-0.2, 0) is 30.7 Å². The zero-order valence-corrected chi connectivity index (χ0v) is 24.2. The van der Waals surface area contributed by atoms with Crippen LogP contribution in [0.5, 0.6) is 0 Å². The van der Waals surface area contributed by atoms with Gasteiger partial charge in [-0.2, -0.15) is 0 Å². The molecule has 214 valence electrons. The van der Waals surface area contributed by atoms with E-state index in [4.69, 9.17) is 4.74 Å². The third-order valence-corrected chi connectivity index (χ3v) is 7.28. The first-order chi connectivity index (χ1) is 19.0. The van der Waals surface area contributed by atoms with Gasteiger partial charge in [-0.25, -0.2) is 13.6 Å². The number of nitrogens with one attached hydrogen (secondary N) is 1. The molecule has 0 radical (unpaired) electrons. The molecule has 0 spiro atoms. The molecule has 1 aliphatic heterocycles. The number of benzene rings is 3. The lowest BCUT2D eigenvalue weighted by molar-refractivity contribution is 0.0493. The lowest BCUT2D eigenvalue weighted by atomic mass is 9.90. The molecule has 1 N–H and O–H groups in total. The number of rotatable bonds is 9. The van der Waals surface area contributed by atoms with Gasteiger partial charge in [-0.1, -0.05) is 30.3 Å². The van der Waals surface area contributed by atoms with Crippen LogP contribution in [0.2, 0.25) is 0 Å². The van der Waals surface area contributed by atoms with Gasteiger partial charge in [-0.05, 0) is 106 Å². The molecule has 0 aromatic heterocycles. The van der Waals surface area contributed by atoms with Crippen molar-refractivity contribution in [3.8, 4) is 0 Å². The minimum Gasteiger partial charge on any atom is -0.448 e. The third-order valence-electron chi connectivity index (χ3n) is 7.28. The molecule has 1 amide bonds. The van der Waals surface area contributed by atoms with Crippen LogP contribution in [0.1, 0.15) is 56.9 Å². The summed E-state index contributed by atoms with van der Waals surface area (Å²) >= 11 is 0. The number of ether oxygens (including phenoxy) is 1. The molecule has 0 fully saturated rings. The van der Waals surface area contributed by atoms with Gasteiger partial charge in [0.05, 0.1) is 0 Å². The van der Waals surface area contributed by atoms with E-state index in [0.717, 1.165) is 40.8 Å². The van der Waals surface area contributed by atoms with Crippen molar-refractivity contribution in [2.24, 2.45) is 0 Å². The largest absolute Gasteiger partial charge is 0.448 e. The summed E-state index contributed by atoms with van der Waals surface area (Å²) in [7, 11) is 0. The van der Waals surface area contributed by atoms with Crippen LogP contribution < -0.4 is 5.32 Å². The maximum Gasteiger partial charge on any atom is 0.410 e. The van der Waals surface area contributed by atoms with Crippen molar-refractivity contribution in [3.05, 3.63) is 101 Å². The summed E-state index contributed by atoms with van der Waals surface area (Å²) in [6.07, 6.45) is 1.10. The summed E-state index contributed by atoms with van der Waals surface area (Å²) in [6.45, 7) is 11.9. The number of hydrogen-bond acceptors (Lipinski definition) is 4. The van der Waals surface area contributed by atoms with Crippen LogP contribution in [0.25, 0.3) is 0 Å². The molecule has 1 heterocycles. The molecule has 40 heavy (non-hydrogen) atoms. The number of halogens is 2. The van der Waals surface area contributed by atoms with E-state index < -0.39 is 5.54 Å². The predicted molar refractivity (Wildman–Crippen MR) is 156 cm³/mol. The Morgan fingerprint density at radius 2 is 1.62 bits per heavy atom. The Morgan fingerprint density at radius 3 is 2.27 bits per heavy atom. The van der Waals surface area contributed by atoms with Crippen LogP contribution in [0.4, 0.5) is 19.3 Å². The van der Waals surface area contributed by atoms with Crippen molar-refractivity contribution in [2.45, 2.75) is 78.2 Å². The molecule has 0 saturated carbocycles. The fourth-order valence-electron chi connectivity index (χ4n) is 5.15. The quantitative estimate of drug-likeness (QED) is 0.307. The van der Waals surface area contributed by atoms with Crippen molar-refractivity contribution >= 4 is 11.8 Å². The van der Waals surface area contributed by atoms with Gasteiger partial charge < -0.3 is 10.1 Å². The zero-order valence-electron chi connectivity index (χ0n) is 24.2. The van der Waals surface area contributed by atoms with Crippen LogP contribution in [0.3, 0.4) is 0 Å². The van der Waals surface area contributed by atoms with E-state index >= 15 is 0 Å². The van der Waals surface area contributed by atoms with Crippen LogP contribution >= 0.6 is 0 Å². The van der Waals surface area contributed by atoms with E-state index in [1.807, 2.05) is 51.1 Å². The monoisotopic (exact) mass is 549 g/mol. The molecule has 7 heteroatoms. The third kappa shape index (κ3) is 8.04. The van der Waals surface area contributed by atoms with E-state index in [1.54, 1.807) is 23.1 Å². The van der Waals surface area contributed by atoms with Crippen LogP contribution in [0, 0.1) is 11.6 Å². The summed E-state index contributed by atoms with van der Waals surface area (Å²) in [5.41, 5.74) is 4.74. The number of hydrogen-bond donors (Lipinski definition) is 1. The average molecular weight is 550 g/mol. The second-order valence-corrected chi connectivity index (χ2v) is 11.9. The molecular weight excluding hydrogens is 508 g/mol. The van der Waals surface area contributed by atoms with Crippen molar-refractivity contribution in [1.29, 1.82) is 0 Å². The Morgan fingerprint density at radius 1 is 0.975 bits per heavy atom. The molecule has 0 aliphatic carbocycles. The normalized spacial score (nSPS) is 15.6. The van der Waals surface area contributed by atoms with Gasteiger partial charge in [0.1, 0.15) is 18.2 Å². The standard InChI is InChI=1S/C33H41F2N3O2/c1-23(2)36-30-14-8-25(9-15-30)21-38(33(3,4)5)32(39)40-17-16-37-22-27-19-29(35)13-10-26(27)20-31(37)18-24-6-11-28(34)12-7-24/h6-15,19,23,31,36H,16-18,20-22H2,1-5H3. The summed E-state index contributed by atoms with van der Waals surface area (Å²) in [5.74, 6) is -0.514. The second kappa shape index (κ2) is 12.8. The highest BCUT2D eigenvalue weighted by Gasteiger charge is 2.30. The Balaban J connectivity index is 1.41. The summed E-state index contributed by atoms with van der Waals surface area (Å²) in [6, 6.07) is 20.1. The molecule has 1 aliphatic rings. The van der Waals surface area contributed by atoms with Gasteiger partial charge in [0, 0.05) is 42.9 Å². The number of carbonyl (C=O) groups is 1. The maximum atomic E-state index is 14.0. The Labute approximate surface area is 237 Å². The number of amides is 1. The zero-order chi connectivity index (χ0) is 28.9. The van der Waals surface area contributed by atoms with Gasteiger partial charge in [0.25, 0.3) is 0 Å². The van der Waals surface area contributed by atoms with E-state index in [0.29, 0.717) is 25.7 Å².